The third-order valence-electron chi connectivity index (χ3n) is 5.29. The highest BCUT2D eigenvalue weighted by atomic mass is 32.2. The van der Waals surface area contributed by atoms with Crippen LogP contribution in [0, 0.1) is 6.92 Å². The van der Waals surface area contributed by atoms with Gasteiger partial charge in [0, 0.05) is 16.2 Å². The molecule has 38 heavy (non-hydrogen) atoms. The van der Waals surface area contributed by atoms with Gasteiger partial charge in [0.1, 0.15) is 5.82 Å². The molecule has 0 fully saturated rings. The number of hydrogen-bond donors (Lipinski definition) is 0. The Hall–Kier alpha value is -2.82. The summed E-state index contributed by atoms with van der Waals surface area (Å²) >= 11 is 3.36. The molecular formula is C34H44N2S2. The summed E-state index contributed by atoms with van der Waals surface area (Å²) in [5.41, 5.74) is 4.62. The molecule has 4 heteroatoms. The first-order chi connectivity index (χ1) is 18.4. The standard InChI is InChI=1S/C34H44N2S2/c1-9-14-17-18-19-25-32-35-29(8)34(37-26-16-11-3)31(36-32)24-20-22-27(6)33(30(13-5)21-12-4)38-28(7)23-15-10-2/h10-11,14-21,23-24,26H,2-3,7,9,12-13,22,25H2,1,4-6,8H3/b17-14-,19-18-,23-15-,24-20+,26-16-,30-21-,33-27-. The van der Waals surface area contributed by atoms with Crippen LogP contribution in [0.25, 0.3) is 6.08 Å². The second-order valence-corrected chi connectivity index (χ2v) is 10.5. The van der Waals surface area contributed by atoms with Gasteiger partial charge in [0.15, 0.2) is 0 Å². The van der Waals surface area contributed by atoms with Gasteiger partial charge >= 0.3 is 0 Å². The number of aryl methyl sites for hydroxylation is 1. The van der Waals surface area contributed by atoms with Gasteiger partial charge in [0.2, 0.25) is 0 Å². The summed E-state index contributed by atoms with van der Waals surface area (Å²) in [4.78, 5) is 13.1. The molecule has 202 valence electrons. The van der Waals surface area contributed by atoms with Gasteiger partial charge in [-0.1, -0.05) is 130 Å². The van der Waals surface area contributed by atoms with Crippen LogP contribution in [-0.2, 0) is 6.42 Å². The van der Waals surface area contributed by atoms with E-state index in [9.17, 15) is 0 Å². The van der Waals surface area contributed by atoms with E-state index in [4.69, 9.17) is 9.97 Å². The van der Waals surface area contributed by atoms with Crippen molar-refractivity contribution in [2.45, 2.75) is 71.6 Å². The van der Waals surface area contributed by atoms with Crippen LogP contribution in [0.4, 0.5) is 0 Å². The molecule has 0 aliphatic heterocycles. The average molecular weight is 545 g/mol. The second kappa shape index (κ2) is 20.2. The normalized spacial score (nSPS) is 13.4. The second-order valence-electron chi connectivity index (χ2n) is 8.46. The quantitative estimate of drug-likeness (QED) is 0.144. The fourth-order valence-electron chi connectivity index (χ4n) is 3.48. The third-order valence-corrected chi connectivity index (χ3v) is 7.54. The van der Waals surface area contributed by atoms with Crippen molar-refractivity contribution >= 4 is 29.6 Å². The van der Waals surface area contributed by atoms with E-state index >= 15 is 0 Å². The summed E-state index contributed by atoms with van der Waals surface area (Å²) in [5, 5.41) is 2.02. The SMILES string of the molecule is C=C/C=C\Sc1c(C)nc(C/C=C\C=C/CC)nc1/C=C/C/C(C)=C(SC(=C)/C=C\C=C)/C(=C\CC)CC. The Morgan fingerprint density at radius 1 is 0.921 bits per heavy atom. The smallest absolute Gasteiger partial charge is 0.133 e. The summed E-state index contributed by atoms with van der Waals surface area (Å²) in [6.45, 7) is 22.6. The molecule has 0 aliphatic rings. The predicted octanol–water partition coefficient (Wildman–Crippen LogP) is 11.1. The Balaban J connectivity index is 3.36. The van der Waals surface area contributed by atoms with Gasteiger partial charge in [-0.25, -0.2) is 9.97 Å². The van der Waals surface area contributed by atoms with Crippen molar-refractivity contribution in [3.05, 3.63) is 130 Å². The molecule has 0 spiro atoms. The van der Waals surface area contributed by atoms with Gasteiger partial charge in [-0.15, -0.1) is 0 Å². The summed E-state index contributed by atoms with van der Waals surface area (Å²) in [7, 11) is 0. The first kappa shape index (κ1) is 33.2. The Labute approximate surface area is 240 Å². The zero-order chi connectivity index (χ0) is 28.2. The van der Waals surface area contributed by atoms with Crippen LogP contribution >= 0.6 is 23.5 Å². The van der Waals surface area contributed by atoms with Gasteiger partial charge in [0.05, 0.1) is 16.3 Å². The van der Waals surface area contributed by atoms with Crippen LogP contribution in [0.3, 0.4) is 0 Å². The molecular weight excluding hydrogens is 501 g/mol. The lowest BCUT2D eigenvalue weighted by Gasteiger charge is -2.14. The van der Waals surface area contributed by atoms with Gasteiger partial charge in [0.25, 0.3) is 0 Å². The van der Waals surface area contributed by atoms with Crippen molar-refractivity contribution in [2.75, 3.05) is 0 Å². The van der Waals surface area contributed by atoms with Crippen molar-refractivity contribution in [1.82, 2.24) is 9.97 Å². The Kier molecular flexibility index (Phi) is 17.6. The van der Waals surface area contributed by atoms with Crippen molar-refractivity contribution in [3.8, 4) is 0 Å². The molecule has 0 N–H and O–H groups in total. The van der Waals surface area contributed by atoms with Crippen molar-refractivity contribution in [3.63, 3.8) is 0 Å². The van der Waals surface area contributed by atoms with E-state index in [1.54, 1.807) is 35.7 Å². The van der Waals surface area contributed by atoms with Crippen molar-refractivity contribution in [2.24, 2.45) is 0 Å². The molecule has 0 amide bonds. The molecule has 0 aromatic carbocycles. The number of rotatable bonds is 17. The zero-order valence-corrected chi connectivity index (χ0v) is 25.5. The first-order valence-electron chi connectivity index (χ1n) is 13.3. The summed E-state index contributed by atoms with van der Waals surface area (Å²) in [6.07, 6.45) is 29.0. The highest BCUT2D eigenvalue weighted by molar-refractivity contribution is 8.07. The lowest BCUT2D eigenvalue weighted by Crippen LogP contribution is -2.01. The lowest BCUT2D eigenvalue weighted by atomic mass is 10.1. The fraction of sp³-hybridized carbons (Fsp3) is 0.294. The molecule has 0 saturated heterocycles. The highest BCUT2D eigenvalue weighted by Crippen LogP contribution is 2.36. The number of allylic oxidation sites excluding steroid dienone is 13. The molecule has 0 saturated carbocycles. The fourth-order valence-corrected chi connectivity index (χ4v) is 5.28. The summed E-state index contributed by atoms with van der Waals surface area (Å²) < 4.78 is 0. The van der Waals surface area contributed by atoms with E-state index in [1.807, 2.05) is 23.6 Å². The molecule has 0 radical (unpaired) electrons. The van der Waals surface area contributed by atoms with Gasteiger partial charge < -0.3 is 0 Å². The van der Waals surface area contributed by atoms with Crippen LogP contribution in [0.1, 0.15) is 70.6 Å². The van der Waals surface area contributed by atoms with Gasteiger partial charge in [-0.05, 0) is 62.7 Å². The molecule has 0 aliphatic carbocycles. The molecule has 0 atom stereocenters. The minimum absolute atomic E-state index is 0.699. The van der Waals surface area contributed by atoms with Crippen molar-refractivity contribution < 1.29 is 0 Å². The van der Waals surface area contributed by atoms with Gasteiger partial charge in [-0.2, -0.15) is 0 Å². The molecule has 1 rings (SSSR count). The van der Waals surface area contributed by atoms with E-state index in [0.29, 0.717) is 6.42 Å². The molecule has 1 heterocycles. The molecule has 1 aromatic heterocycles. The Morgan fingerprint density at radius 2 is 1.66 bits per heavy atom. The van der Waals surface area contributed by atoms with Crippen LogP contribution < -0.4 is 0 Å². The average Bonchev–Trinajstić information content (AvgIpc) is 2.90. The molecule has 1 aromatic rings. The number of aromatic nitrogens is 2. The highest BCUT2D eigenvalue weighted by Gasteiger charge is 2.11. The largest absolute Gasteiger partial charge is 0.237 e. The Morgan fingerprint density at radius 3 is 2.32 bits per heavy atom. The number of hydrogen-bond acceptors (Lipinski definition) is 4. The van der Waals surface area contributed by atoms with E-state index in [1.165, 1.54) is 16.1 Å². The van der Waals surface area contributed by atoms with Crippen LogP contribution in [-0.4, -0.2) is 9.97 Å². The molecule has 2 nitrogen and oxygen atoms in total. The molecule has 0 bridgehead atoms. The minimum atomic E-state index is 0.699. The minimum Gasteiger partial charge on any atom is -0.237 e. The van der Waals surface area contributed by atoms with Crippen LogP contribution in [0.15, 0.2) is 118 Å². The maximum atomic E-state index is 4.92. The topological polar surface area (TPSA) is 25.8 Å². The summed E-state index contributed by atoms with van der Waals surface area (Å²) in [6, 6.07) is 0. The lowest BCUT2D eigenvalue weighted by molar-refractivity contribution is 0.911. The van der Waals surface area contributed by atoms with E-state index in [2.05, 4.69) is 96.9 Å². The van der Waals surface area contributed by atoms with E-state index in [0.717, 1.165) is 52.7 Å². The predicted molar refractivity (Wildman–Crippen MR) is 175 cm³/mol. The Bertz CT molecular complexity index is 1140. The first-order valence-corrected chi connectivity index (χ1v) is 15.0. The summed E-state index contributed by atoms with van der Waals surface area (Å²) in [5.74, 6) is 0.827. The van der Waals surface area contributed by atoms with Crippen molar-refractivity contribution in [1.29, 1.82) is 0 Å². The van der Waals surface area contributed by atoms with E-state index < -0.39 is 0 Å². The maximum Gasteiger partial charge on any atom is 0.133 e. The maximum absolute atomic E-state index is 4.92. The van der Waals surface area contributed by atoms with Gasteiger partial charge in [-0.3, -0.25) is 0 Å². The third kappa shape index (κ3) is 12.6. The number of thioether (sulfide) groups is 2. The monoisotopic (exact) mass is 544 g/mol. The van der Waals surface area contributed by atoms with E-state index in [-0.39, 0.29) is 0 Å². The number of nitrogens with zero attached hydrogens (tertiary/aromatic N) is 2. The zero-order valence-electron chi connectivity index (χ0n) is 23.9. The molecule has 0 unspecified atom stereocenters. The van der Waals surface area contributed by atoms with Crippen LogP contribution in [0.5, 0.6) is 0 Å². The van der Waals surface area contributed by atoms with Crippen LogP contribution in [0.2, 0.25) is 0 Å².